The van der Waals surface area contributed by atoms with Crippen molar-refractivity contribution in [3.05, 3.63) is 54.1 Å². The van der Waals surface area contributed by atoms with Crippen molar-refractivity contribution in [3.63, 3.8) is 0 Å². The summed E-state index contributed by atoms with van der Waals surface area (Å²) in [4.78, 5) is 1.00. The average Bonchev–Trinajstić information content (AvgIpc) is 2.65. The maximum atomic E-state index is 12.9. The van der Waals surface area contributed by atoms with Gasteiger partial charge in [0.2, 0.25) is 0 Å². The van der Waals surface area contributed by atoms with E-state index in [1.165, 1.54) is 11.4 Å². The van der Waals surface area contributed by atoms with E-state index < -0.39 is 6.72 Å². The van der Waals surface area contributed by atoms with Crippen molar-refractivity contribution in [2.45, 2.75) is 11.8 Å². The van der Waals surface area contributed by atoms with Gasteiger partial charge in [-0.3, -0.25) is 4.67 Å². The van der Waals surface area contributed by atoms with Crippen molar-refractivity contribution < 1.29 is 9.09 Å². The minimum absolute atomic E-state index is 0.640. The monoisotopic (exact) mass is 291 g/mol. The molecule has 0 radical (unpaired) electrons. The van der Waals surface area contributed by atoms with Crippen LogP contribution in [0.3, 0.4) is 0 Å². The lowest BCUT2D eigenvalue weighted by atomic mass is 10.2. The first kappa shape index (κ1) is 12.6. The van der Waals surface area contributed by atoms with Crippen molar-refractivity contribution in [2.24, 2.45) is 0 Å². The lowest BCUT2D eigenvalue weighted by Crippen LogP contribution is -2.10. The fourth-order valence-corrected chi connectivity index (χ4v) is 6.00. The number of anilines is 1. The third-order valence-electron chi connectivity index (χ3n) is 3.04. The van der Waals surface area contributed by atoms with E-state index in [0.717, 1.165) is 16.1 Å². The number of hydrogen-bond donors (Lipinski definition) is 0. The van der Waals surface area contributed by atoms with Gasteiger partial charge in [-0.1, -0.05) is 29.8 Å². The van der Waals surface area contributed by atoms with E-state index in [1.807, 2.05) is 62.5 Å². The molecule has 0 aromatic heterocycles. The maximum absolute atomic E-state index is 12.9. The SMILES string of the molecule is Cc1ccc(OP2(=O)Sc3ccccc3N2C)cc1. The fraction of sp³-hybridized carbons (Fsp3) is 0.143. The number of nitrogens with zero attached hydrogens (tertiary/aromatic N) is 1. The second kappa shape index (κ2) is 4.62. The third-order valence-corrected chi connectivity index (χ3v) is 7.44. The van der Waals surface area contributed by atoms with Crippen LogP contribution in [0.2, 0.25) is 0 Å². The van der Waals surface area contributed by atoms with Crippen LogP contribution in [-0.2, 0) is 4.57 Å². The molecule has 1 aliphatic heterocycles. The van der Waals surface area contributed by atoms with Gasteiger partial charge in [-0.15, -0.1) is 0 Å². The Morgan fingerprint density at radius 2 is 1.79 bits per heavy atom. The molecule has 1 unspecified atom stereocenters. The lowest BCUT2D eigenvalue weighted by Gasteiger charge is -2.21. The summed E-state index contributed by atoms with van der Waals surface area (Å²) in [6.45, 7) is -0.918. The first-order chi connectivity index (χ1) is 9.08. The maximum Gasteiger partial charge on any atom is 0.406 e. The molecule has 1 heterocycles. The van der Waals surface area contributed by atoms with Crippen LogP contribution in [-0.4, -0.2) is 7.05 Å². The van der Waals surface area contributed by atoms with Crippen molar-refractivity contribution in [1.29, 1.82) is 0 Å². The van der Waals surface area contributed by atoms with E-state index in [9.17, 15) is 4.57 Å². The van der Waals surface area contributed by atoms with Crippen LogP contribution in [0.5, 0.6) is 5.75 Å². The Morgan fingerprint density at radius 3 is 2.47 bits per heavy atom. The number of hydrogen-bond acceptors (Lipinski definition) is 3. The summed E-state index contributed by atoms with van der Waals surface area (Å²) < 4.78 is 20.4. The van der Waals surface area contributed by atoms with E-state index in [0.29, 0.717) is 5.75 Å². The summed E-state index contributed by atoms with van der Waals surface area (Å²) in [5.41, 5.74) is 2.12. The number of para-hydroxylation sites is 1. The van der Waals surface area contributed by atoms with Gasteiger partial charge >= 0.3 is 6.72 Å². The predicted octanol–water partition coefficient (Wildman–Crippen LogP) is 4.72. The first-order valence-corrected chi connectivity index (χ1v) is 8.97. The Morgan fingerprint density at radius 1 is 1.11 bits per heavy atom. The standard InChI is InChI=1S/C14H14NO2PS/c1-11-7-9-12(10-8-11)17-18(16)15(2)13-5-3-4-6-14(13)19-18/h3-10H,1-2H3. The fourth-order valence-electron chi connectivity index (χ4n) is 1.93. The normalized spacial score (nSPS) is 21.3. The van der Waals surface area contributed by atoms with Crippen LogP contribution < -0.4 is 9.19 Å². The minimum atomic E-state index is -2.93. The third kappa shape index (κ3) is 2.26. The molecule has 0 spiro atoms. The Balaban J connectivity index is 1.90. The van der Waals surface area contributed by atoms with Crippen LogP contribution in [0.15, 0.2) is 53.4 Å². The molecule has 0 amide bonds. The Kier molecular flexibility index (Phi) is 3.08. The van der Waals surface area contributed by atoms with E-state index in [4.69, 9.17) is 4.52 Å². The van der Waals surface area contributed by atoms with Gasteiger partial charge < -0.3 is 4.52 Å². The van der Waals surface area contributed by atoms with Gasteiger partial charge in [0, 0.05) is 23.3 Å². The van der Waals surface area contributed by atoms with Gasteiger partial charge in [0.15, 0.2) is 0 Å². The minimum Gasteiger partial charge on any atom is -0.421 e. The van der Waals surface area contributed by atoms with Gasteiger partial charge in [0.25, 0.3) is 0 Å². The van der Waals surface area contributed by atoms with Crippen LogP contribution in [0.4, 0.5) is 5.69 Å². The predicted molar refractivity (Wildman–Crippen MR) is 80.1 cm³/mol. The second-order valence-electron chi connectivity index (χ2n) is 4.46. The highest BCUT2D eigenvalue weighted by molar-refractivity contribution is 8.57. The van der Waals surface area contributed by atoms with Crippen molar-refractivity contribution in [3.8, 4) is 5.75 Å². The number of aryl methyl sites for hydroxylation is 1. The molecular weight excluding hydrogens is 277 g/mol. The second-order valence-corrected chi connectivity index (χ2v) is 8.73. The molecule has 3 rings (SSSR count). The van der Waals surface area contributed by atoms with Crippen molar-refractivity contribution in [2.75, 3.05) is 11.7 Å². The number of rotatable bonds is 2. The summed E-state index contributed by atoms with van der Waals surface area (Å²) >= 11 is 1.30. The van der Waals surface area contributed by atoms with Crippen LogP contribution in [0.1, 0.15) is 5.56 Å². The van der Waals surface area contributed by atoms with Crippen LogP contribution in [0.25, 0.3) is 0 Å². The zero-order valence-electron chi connectivity index (χ0n) is 10.7. The molecule has 1 aliphatic rings. The lowest BCUT2D eigenvalue weighted by molar-refractivity contribution is 0.498. The molecule has 0 bridgehead atoms. The highest BCUT2D eigenvalue weighted by atomic mass is 32.7. The van der Waals surface area contributed by atoms with E-state index in [1.54, 1.807) is 4.67 Å². The van der Waals surface area contributed by atoms with E-state index >= 15 is 0 Å². The van der Waals surface area contributed by atoms with Gasteiger partial charge in [-0.05, 0) is 31.2 Å². The summed E-state index contributed by atoms with van der Waals surface area (Å²) in [5, 5.41) is 0. The highest BCUT2D eigenvalue weighted by Gasteiger charge is 2.40. The zero-order chi connectivity index (χ0) is 13.5. The topological polar surface area (TPSA) is 29.5 Å². The van der Waals surface area contributed by atoms with Crippen LogP contribution in [0, 0.1) is 6.92 Å². The van der Waals surface area contributed by atoms with Gasteiger partial charge in [-0.2, -0.15) is 0 Å². The Hall–Kier alpha value is -1.38. The highest BCUT2D eigenvalue weighted by Crippen LogP contribution is 2.71. The Labute approximate surface area is 116 Å². The summed E-state index contributed by atoms with van der Waals surface area (Å²) in [7, 11) is 1.81. The zero-order valence-corrected chi connectivity index (χ0v) is 12.4. The molecule has 0 aliphatic carbocycles. The first-order valence-electron chi connectivity index (χ1n) is 5.98. The smallest absolute Gasteiger partial charge is 0.406 e. The molecule has 1 atom stereocenters. The number of fused-ring (bicyclic) bond motifs is 1. The molecule has 3 nitrogen and oxygen atoms in total. The Bertz CT molecular complexity index is 657. The number of benzene rings is 2. The summed E-state index contributed by atoms with van der Waals surface area (Å²) in [5.74, 6) is 0.640. The quantitative estimate of drug-likeness (QED) is 0.748. The van der Waals surface area contributed by atoms with E-state index in [-0.39, 0.29) is 0 Å². The summed E-state index contributed by atoms with van der Waals surface area (Å²) in [6.07, 6.45) is 0. The van der Waals surface area contributed by atoms with Gasteiger partial charge in [0.1, 0.15) is 5.75 Å². The molecule has 0 fully saturated rings. The van der Waals surface area contributed by atoms with Crippen molar-refractivity contribution >= 4 is 23.8 Å². The van der Waals surface area contributed by atoms with Crippen LogP contribution >= 0.6 is 18.1 Å². The molecule has 5 heteroatoms. The summed E-state index contributed by atoms with van der Waals surface area (Å²) in [6, 6.07) is 15.4. The van der Waals surface area contributed by atoms with Gasteiger partial charge in [-0.25, -0.2) is 4.57 Å². The molecule has 0 saturated heterocycles. The molecule has 0 N–H and O–H groups in total. The molecule has 19 heavy (non-hydrogen) atoms. The molecule has 0 saturated carbocycles. The molecule has 2 aromatic rings. The molecule has 98 valence electrons. The van der Waals surface area contributed by atoms with Crippen molar-refractivity contribution in [1.82, 2.24) is 0 Å². The van der Waals surface area contributed by atoms with Gasteiger partial charge in [0.05, 0.1) is 5.69 Å². The average molecular weight is 291 g/mol. The van der Waals surface area contributed by atoms with E-state index in [2.05, 4.69) is 0 Å². The largest absolute Gasteiger partial charge is 0.421 e. The molecule has 2 aromatic carbocycles. The molecular formula is C14H14NO2PS.